The predicted octanol–water partition coefficient (Wildman–Crippen LogP) is 3.00. The van der Waals surface area contributed by atoms with Gasteiger partial charge in [-0.05, 0) is 23.6 Å². The van der Waals surface area contributed by atoms with E-state index in [0.29, 0.717) is 15.7 Å². The summed E-state index contributed by atoms with van der Waals surface area (Å²) in [5.41, 5.74) is 3.36. The predicted molar refractivity (Wildman–Crippen MR) is 67.7 cm³/mol. The highest BCUT2D eigenvalue weighted by atomic mass is 35.5. The van der Waals surface area contributed by atoms with Crippen LogP contribution in [-0.2, 0) is 0 Å². The molecule has 2 rings (SSSR count). The molecule has 0 amide bonds. The lowest BCUT2D eigenvalue weighted by atomic mass is 10.1. The standard InChI is InChI=1S/C10H9Cl2N3S/c11-6-2-1-4-14-8(6)9(15-13)10-7(12)3-5-16-10/h1-5,9,15H,13H2. The van der Waals surface area contributed by atoms with Crippen LogP contribution in [0.3, 0.4) is 0 Å². The van der Waals surface area contributed by atoms with Crippen molar-refractivity contribution in [1.82, 2.24) is 10.4 Å². The van der Waals surface area contributed by atoms with Crippen molar-refractivity contribution in [3.8, 4) is 0 Å². The van der Waals surface area contributed by atoms with Crippen LogP contribution >= 0.6 is 34.5 Å². The number of thiophene rings is 1. The van der Waals surface area contributed by atoms with E-state index in [1.54, 1.807) is 18.3 Å². The first-order valence-electron chi connectivity index (χ1n) is 4.53. The molecular formula is C10H9Cl2N3S. The lowest BCUT2D eigenvalue weighted by Crippen LogP contribution is -2.29. The Hall–Kier alpha value is -0.650. The second kappa shape index (κ2) is 5.12. The summed E-state index contributed by atoms with van der Waals surface area (Å²) in [6, 6.07) is 5.09. The fraction of sp³-hybridized carbons (Fsp3) is 0.100. The van der Waals surface area contributed by atoms with Gasteiger partial charge in [0.05, 0.1) is 15.7 Å². The zero-order valence-electron chi connectivity index (χ0n) is 8.15. The minimum Gasteiger partial charge on any atom is -0.270 e. The van der Waals surface area contributed by atoms with Gasteiger partial charge in [-0.1, -0.05) is 23.2 Å². The van der Waals surface area contributed by atoms with Gasteiger partial charge in [0, 0.05) is 11.1 Å². The van der Waals surface area contributed by atoms with Gasteiger partial charge in [-0.25, -0.2) is 5.43 Å². The number of rotatable bonds is 3. The van der Waals surface area contributed by atoms with E-state index in [2.05, 4.69) is 10.4 Å². The molecule has 1 unspecified atom stereocenters. The Morgan fingerprint density at radius 1 is 1.31 bits per heavy atom. The molecule has 0 bridgehead atoms. The summed E-state index contributed by atoms with van der Waals surface area (Å²) in [4.78, 5) is 5.13. The van der Waals surface area contributed by atoms with Crippen molar-refractivity contribution >= 4 is 34.5 Å². The lowest BCUT2D eigenvalue weighted by molar-refractivity contribution is 0.630. The highest BCUT2D eigenvalue weighted by Gasteiger charge is 2.20. The molecule has 2 heterocycles. The summed E-state index contributed by atoms with van der Waals surface area (Å²) in [5, 5.41) is 3.13. The van der Waals surface area contributed by atoms with Crippen LogP contribution in [0.1, 0.15) is 16.6 Å². The minimum atomic E-state index is -0.277. The van der Waals surface area contributed by atoms with Gasteiger partial charge in [0.25, 0.3) is 0 Å². The number of nitrogens with zero attached hydrogens (tertiary/aromatic N) is 1. The quantitative estimate of drug-likeness (QED) is 0.668. The van der Waals surface area contributed by atoms with Crippen LogP contribution in [-0.4, -0.2) is 4.98 Å². The maximum Gasteiger partial charge on any atom is 0.100 e. The number of hydrazine groups is 1. The Morgan fingerprint density at radius 3 is 2.69 bits per heavy atom. The second-order valence-corrected chi connectivity index (χ2v) is 4.87. The average molecular weight is 274 g/mol. The van der Waals surface area contributed by atoms with Crippen LogP contribution < -0.4 is 11.3 Å². The lowest BCUT2D eigenvalue weighted by Gasteiger charge is -2.15. The Morgan fingerprint density at radius 2 is 2.12 bits per heavy atom. The Bertz CT molecular complexity index is 486. The Labute approximate surface area is 107 Å². The topological polar surface area (TPSA) is 50.9 Å². The molecule has 3 N–H and O–H groups in total. The third kappa shape index (κ3) is 2.21. The zero-order chi connectivity index (χ0) is 11.5. The van der Waals surface area contributed by atoms with Crippen molar-refractivity contribution in [2.45, 2.75) is 6.04 Å². The largest absolute Gasteiger partial charge is 0.270 e. The van der Waals surface area contributed by atoms with Crippen molar-refractivity contribution in [2.24, 2.45) is 5.84 Å². The minimum absolute atomic E-state index is 0.277. The van der Waals surface area contributed by atoms with Gasteiger partial charge in [0.1, 0.15) is 6.04 Å². The molecule has 0 spiro atoms. The molecule has 0 saturated carbocycles. The second-order valence-electron chi connectivity index (χ2n) is 3.10. The molecule has 16 heavy (non-hydrogen) atoms. The molecule has 0 aliphatic carbocycles. The van der Waals surface area contributed by atoms with Crippen LogP contribution in [0, 0.1) is 0 Å². The van der Waals surface area contributed by atoms with Gasteiger partial charge in [0.2, 0.25) is 0 Å². The monoisotopic (exact) mass is 273 g/mol. The van der Waals surface area contributed by atoms with E-state index in [0.717, 1.165) is 4.88 Å². The van der Waals surface area contributed by atoms with Gasteiger partial charge in [-0.3, -0.25) is 10.8 Å². The number of aromatic nitrogens is 1. The van der Waals surface area contributed by atoms with Crippen molar-refractivity contribution in [3.63, 3.8) is 0 Å². The first kappa shape index (κ1) is 11.8. The van der Waals surface area contributed by atoms with Crippen LogP contribution in [0.25, 0.3) is 0 Å². The normalized spacial score (nSPS) is 12.7. The van der Waals surface area contributed by atoms with E-state index >= 15 is 0 Å². The van der Waals surface area contributed by atoms with Gasteiger partial charge >= 0.3 is 0 Å². The summed E-state index contributed by atoms with van der Waals surface area (Å²) in [7, 11) is 0. The summed E-state index contributed by atoms with van der Waals surface area (Å²) in [6.07, 6.45) is 1.67. The number of pyridine rings is 1. The van der Waals surface area contributed by atoms with Crippen molar-refractivity contribution in [1.29, 1.82) is 0 Å². The molecule has 3 nitrogen and oxygen atoms in total. The van der Waals surface area contributed by atoms with Crippen LogP contribution in [0.4, 0.5) is 0 Å². The summed E-state index contributed by atoms with van der Waals surface area (Å²) < 4.78 is 0. The molecule has 84 valence electrons. The van der Waals surface area contributed by atoms with Crippen molar-refractivity contribution in [2.75, 3.05) is 0 Å². The van der Waals surface area contributed by atoms with E-state index < -0.39 is 0 Å². The van der Waals surface area contributed by atoms with E-state index in [4.69, 9.17) is 29.0 Å². The molecule has 1 atom stereocenters. The van der Waals surface area contributed by atoms with E-state index in [1.165, 1.54) is 11.3 Å². The van der Waals surface area contributed by atoms with Crippen molar-refractivity contribution in [3.05, 3.63) is 50.4 Å². The molecule has 0 radical (unpaired) electrons. The fourth-order valence-electron chi connectivity index (χ4n) is 1.40. The number of hydrogen-bond donors (Lipinski definition) is 2. The van der Waals surface area contributed by atoms with Crippen LogP contribution in [0.15, 0.2) is 29.8 Å². The van der Waals surface area contributed by atoms with E-state index in [9.17, 15) is 0 Å². The summed E-state index contributed by atoms with van der Waals surface area (Å²) >= 11 is 13.6. The van der Waals surface area contributed by atoms with Gasteiger partial charge in [-0.2, -0.15) is 0 Å². The molecule has 2 aromatic heterocycles. The molecule has 0 saturated heterocycles. The smallest absolute Gasteiger partial charge is 0.100 e. The number of halogens is 2. The van der Waals surface area contributed by atoms with Gasteiger partial charge in [0.15, 0.2) is 0 Å². The molecule has 0 fully saturated rings. The maximum atomic E-state index is 6.07. The number of nitrogens with two attached hydrogens (primary N) is 1. The Balaban J connectivity index is 2.45. The summed E-state index contributed by atoms with van der Waals surface area (Å²) in [5.74, 6) is 5.53. The molecule has 0 aliphatic rings. The van der Waals surface area contributed by atoms with Gasteiger partial charge in [-0.15, -0.1) is 11.3 Å². The number of nitrogens with one attached hydrogen (secondary N) is 1. The molecule has 0 aliphatic heterocycles. The summed E-state index contributed by atoms with van der Waals surface area (Å²) in [6.45, 7) is 0. The van der Waals surface area contributed by atoms with Crippen LogP contribution in [0.5, 0.6) is 0 Å². The third-order valence-corrected chi connectivity index (χ3v) is 3.88. The first-order chi connectivity index (χ1) is 7.74. The highest BCUT2D eigenvalue weighted by molar-refractivity contribution is 7.10. The van der Waals surface area contributed by atoms with Crippen LogP contribution in [0.2, 0.25) is 10.0 Å². The maximum absolute atomic E-state index is 6.07. The molecule has 0 aromatic carbocycles. The highest BCUT2D eigenvalue weighted by Crippen LogP contribution is 2.33. The molecular weight excluding hydrogens is 265 g/mol. The molecule has 6 heteroatoms. The number of hydrogen-bond acceptors (Lipinski definition) is 4. The third-order valence-electron chi connectivity index (χ3n) is 2.13. The fourth-order valence-corrected chi connectivity index (χ4v) is 2.86. The van der Waals surface area contributed by atoms with Crippen molar-refractivity contribution < 1.29 is 0 Å². The zero-order valence-corrected chi connectivity index (χ0v) is 10.5. The van der Waals surface area contributed by atoms with E-state index in [-0.39, 0.29) is 6.04 Å². The van der Waals surface area contributed by atoms with E-state index in [1.807, 2.05) is 11.4 Å². The Kier molecular flexibility index (Phi) is 3.78. The van der Waals surface area contributed by atoms with Gasteiger partial charge < -0.3 is 0 Å². The average Bonchev–Trinajstić information content (AvgIpc) is 2.69. The SMILES string of the molecule is NNC(c1ncccc1Cl)c1sccc1Cl. The molecule has 2 aromatic rings. The first-order valence-corrected chi connectivity index (χ1v) is 6.17.